The summed E-state index contributed by atoms with van der Waals surface area (Å²) < 4.78 is 0. The highest BCUT2D eigenvalue weighted by Gasteiger charge is 2.42. The van der Waals surface area contributed by atoms with E-state index in [0.29, 0.717) is 18.2 Å². The summed E-state index contributed by atoms with van der Waals surface area (Å²) in [7, 11) is 1.80. The zero-order chi connectivity index (χ0) is 20.4. The number of benzene rings is 1. The first kappa shape index (κ1) is 20.1. The number of thiophene rings is 1. The molecule has 0 radical (unpaired) electrons. The average molecular weight is 412 g/mol. The number of fused-ring (bicyclic) bond motifs is 1. The van der Waals surface area contributed by atoms with Crippen LogP contribution in [-0.4, -0.2) is 54.3 Å². The lowest BCUT2D eigenvalue weighted by Gasteiger charge is -2.39. The maximum atomic E-state index is 13.4. The van der Waals surface area contributed by atoms with Crippen molar-refractivity contribution in [3.05, 3.63) is 57.8 Å². The van der Waals surface area contributed by atoms with Gasteiger partial charge in [0.25, 0.3) is 5.91 Å². The summed E-state index contributed by atoms with van der Waals surface area (Å²) >= 11 is 1.60. The van der Waals surface area contributed by atoms with E-state index in [2.05, 4.69) is 17.1 Å². The second-order valence-electron chi connectivity index (χ2n) is 8.11. The molecule has 0 saturated carbocycles. The molecular formula is C23H29N3O2S. The van der Waals surface area contributed by atoms with Crippen molar-refractivity contribution in [2.24, 2.45) is 0 Å². The van der Waals surface area contributed by atoms with Crippen LogP contribution in [0, 0.1) is 0 Å². The standard InChI is InChI=1S/C23H29N3O2S/c1-16-8-5-6-13-26(16)14-12-24-22(27)20-17-9-3-4-10-18(17)23(28)25(2)21(20)19-11-7-15-29-19/h3-4,7,9-11,15-16,20-21H,5-6,8,12-14H2,1-2H3,(H,24,27)/t16-,20+,21-/m1/s1. The first-order valence-corrected chi connectivity index (χ1v) is 11.4. The maximum Gasteiger partial charge on any atom is 0.254 e. The van der Waals surface area contributed by atoms with Gasteiger partial charge in [0.1, 0.15) is 0 Å². The fourth-order valence-corrected chi connectivity index (χ4v) is 5.60. The van der Waals surface area contributed by atoms with Crippen molar-refractivity contribution >= 4 is 23.2 Å². The van der Waals surface area contributed by atoms with Gasteiger partial charge in [-0.2, -0.15) is 0 Å². The number of rotatable bonds is 5. The Morgan fingerprint density at radius 3 is 2.79 bits per heavy atom. The SMILES string of the molecule is C[C@@H]1CCCCN1CCNC(=O)[C@H]1c2ccccc2C(=O)N(C)[C@@H]1c1cccs1. The van der Waals surface area contributed by atoms with Crippen molar-refractivity contribution in [3.8, 4) is 0 Å². The van der Waals surface area contributed by atoms with Crippen LogP contribution in [0.5, 0.6) is 0 Å². The number of carbonyl (C=O) groups is 2. The molecule has 1 fully saturated rings. The molecule has 154 valence electrons. The molecule has 2 amide bonds. The number of nitrogens with zero attached hydrogens (tertiary/aromatic N) is 2. The molecule has 0 spiro atoms. The number of carbonyl (C=O) groups excluding carboxylic acids is 2. The number of hydrogen-bond acceptors (Lipinski definition) is 4. The maximum absolute atomic E-state index is 13.4. The number of piperidine rings is 1. The van der Waals surface area contributed by atoms with E-state index in [0.717, 1.165) is 23.5 Å². The molecule has 0 bridgehead atoms. The van der Waals surface area contributed by atoms with E-state index in [-0.39, 0.29) is 17.9 Å². The van der Waals surface area contributed by atoms with Gasteiger partial charge in [-0.25, -0.2) is 0 Å². The Morgan fingerprint density at radius 1 is 1.21 bits per heavy atom. The normalized spacial score (nSPS) is 25.0. The Kier molecular flexibility index (Phi) is 6.01. The predicted octanol–water partition coefficient (Wildman–Crippen LogP) is 3.65. The second kappa shape index (κ2) is 8.67. The van der Waals surface area contributed by atoms with Crippen LogP contribution in [0.4, 0.5) is 0 Å². The molecule has 1 N–H and O–H groups in total. The van der Waals surface area contributed by atoms with Crippen LogP contribution in [0.25, 0.3) is 0 Å². The van der Waals surface area contributed by atoms with E-state index >= 15 is 0 Å². The predicted molar refractivity (Wildman–Crippen MR) is 116 cm³/mol. The first-order chi connectivity index (χ1) is 14.1. The molecule has 0 aliphatic carbocycles. The number of hydrogen-bond donors (Lipinski definition) is 1. The molecule has 2 aromatic rings. The second-order valence-corrected chi connectivity index (χ2v) is 9.09. The Morgan fingerprint density at radius 2 is 2.03 bits per heavy atom. The number of likely N-dealkylation sites (tertiary alicyclic amines) is 1. The van der Waals surface area contributed by atoms with Crippen LogP contribution < -0.4 is 5.32 Å². The fraction of sp³-hybridized carbons (Fsp3) is 0.478. The summed E-state index contributed by atoms with van der Waals surface area (Å²) in [4.78, 5) is 31.6. The van der Waals surface area contributed by atoms with Crippen molar-refractivity contribution < 1.29 is 9.59 Å². The van der Waals surface area contributed by atoms with Gasteiger partial charge < -0.3 is 10.2 Å². The van der Waals surface area contributed by atoms with Gasteiger partial charge in [0.15, 0.2) is 0 Å². The monoisotopic (exact) mass is 411 g/mol. The molecule has 0 unspecified atom stereocenters. The van der Waals surface area contributed by atoms with E-state index in [1.165, 1.54) is 19.3 Å². The van der Waals surface area contributed by atoms with E-state index in [9.17, 15) is 9.59 Å². The third-order valence-electron chi connectivity index (χ3n) is 6.34. The lowest BCUT2D eigenvalue weighted by Crippen LogP contribution is -2.47. The quantitative estimate of drug-likeness (QED) is 0.817. The van der Waals surface area contributed by atoms with E-state index in [4.69, 9.17) is 0 Å². The van der Waals surface area contributed by atoms with Crippen LogP contribution >= 0.6 is 11.3 Å². The molecule has 3 atom stereocenters. The van der Waals surface area contributed by atoms with Gasteiger partial charge >= 0.3 is 0 Å². The van der Waals surface area contributed by atoms with Crippen LogP contribution in [0.1, 0.15) is 58.9 Å². The van der Waals surface area contributed by atoms with Gasteiger partial charge in [0.2, 0.25) is 5.91 Å². The molecule has 4 rings (SSSR count). The minimum absolute atomic E-state index is 0.000127. The smallest absolute Gasteiger partial charge is 0.254 e. The van der Waals surface area contributed by atoms with Gasteiger partial charge in [-0.15, -0.1) is 11.3 Å². The van der Waals surface area contributed by atoms with Gasteiger partial charge in [-0.3, -0.25) is 14.5 Å². The van der Waals surface area contributed by atoms with Crippen LogP contribution in [0.2, 0.25) is 0 Å². The largest absolute Gasteiger partial charge is 0.354 e. The minimum atomic E-state index is -0.397. The first-order valence-electron chi connectivity index (χ1n) is 10.5. The lowest BCUT2D eigenvalue weighted by atomic mass is 9.82. The van der Waals surface area contributed by atoms with Gasteiger partial charge in [0, 0.05) is 36.6 Å². The molecule has 6 heteroatoms. The molecule has 1 aromatic carbocycles. The van der Waals surface area contributed by atoms with E-state index in [1.807, 2.05) is 41.8 Å². The molecule has 2 aliphatic rings. The summed E-state index contributed by atoms with van der Waals surface area (Å²) in [5.74, 6) is -0.420. The summed E-state index contributed by atoms with van der Waals surface area (Å²) in [6.45, 7) is 4.89. The van der Waals surface area contributed by atoms with Crippen molar-refractivity contribution in [3.63, 3.8) is 0 Å². The molecule has 1 saturated heterocycles. The van der Waals surface area contributed by atoms with Crippen molar-refractivity contribution in [2.45, 2.75) is 44.2 Å². The molecule has 3 heterocycles. The van der Waals surface area contributed by atoms with Crippen LogP contribution in [-0.2, 0) is 4.79 Å². The Bertz CT molecular complexity index is 867. The molecule has 2 aliphatic heterocycles. The Hall–Kier alpha value is -2.18. The highest BCUT2D eigenvalue weighted by molar-refractivity contribution is 7.10. The molecule has 29 heavy (non-hydrogen) atoms. The Labute approximate surface area is 176 Å². The Balaban J connectivity index is 1.55. The highest BCUT2D eigenvalue weighted by Crippen LogP contribution is 2.43. The highest BCUT2D eigenvalue weighted by atomic mass is 32.1. The topological polar surface area (TPSA) is 52.7 Å². The number of nitrogens with one attached hydrogen (secondary N) is 1. The third kappa shape index (κ3) is 3.96. The number of amides is 2. The summed E-state index contributed by atoms with van der Waals surface area (Å²) in [5, 5.41) is 5.18. The van der Waals surface area contributed by atoms with Gasteiger partial charge in [0.05, 0.1) is 12.0 Å². The van der Waals surface area contributed by atoms with E-state index < -0.39 is 5.92 Å². The van der Waals surface area contributed by atoms with Gasteiger partial charge in [-0.1, -0.05) is 30.7 Å². The lowest BCUT2D eigenvalue weighted by molar-refractivity contribution is -0.124. The summed E-state index contributed by atoms with van der Waals surface area (Å²) in [5.41, 5.74) is 1.46. The van der Waals surface area contributed by atoms with Crippen LogP contribution in [0.3, 0.4) is 0 Å². The number of likely N-dealkylation sites (N-methyl/N-ethyl adjacent to an activating group) is 1. The minimum Gasteiger partial charge on any atom is -0.354 e. The van der Waals surface area contributed by atoms with Crippen molar-refractivity contribution in [2.75, 3.05) is 26.7 Å². The van der Waals surface area contributed by atoms with Crippen LogP contribution in [0.15, 0.2) is 41.8 Å². The molecular weight excluding hydrogens is 382 g/mol. The zero-order valence-electron chi connectivity index (χ0n) is 17.1. The van der Waals surface area contributed by atoms with Gasteiger partial charge in [-0.05, 0) is 49.4 Å². The summed E-state index contributed by atoms with van der Waals surface area (Å²) in [6, 6.07) is 11.8. The molecule has 5 nitrogen and oxygen atoms in total. The van der Waals surface area contributed by atoms with Crippen molar-refractivity contribution in [1.82, 2.24) is 15.1 Å². The zero-order valence-corrected chi connectivity index (χ0v) is 18.0. The molecule has 1 aromatic heterocycles. The van der Waals surface area contributed by atoms with Crippen molar-refractivity contribution in [1.29, 1.82) is 0 Å². The van der Waals surface area contributed by atoms with E-state index in [1.54, 1.807) is 23.3 Å². The summed E-state index contributed by atoms with van der Waals surface area (Å²) in [6.07, 6.45) is 3.77. The fourth-order valence-electron chi connectivity index (χ4n) is 4.69. The third-order valence-corrected chi connectivity index (χ3v) is 7.28. The average Bonchev–Trinajstić information content (AvgIpc) is 3.26.